The summed E-state index contributed by atoms with van der Waals surface area (Å²) >= 11 is 1.51. The fraction of sp³-hybridized carbons (Fsp3) is 0.481. The minimum Gasteiger partial charge on any atom is -0.376 e. The highest BCUT2D eigenvalue weighted by molar-refractivity contribution is 7.89. The molecule has 3 aromatic rings. The van der Waals surface area contributed by atoms with Gasteiger partial charge in [0.1, 0.15) is 0 Å². The topological polar surface area (TPSA) is 79.8 Å². The smallest absolute Gasteiger partial charge is 0.260 e. The summed E-state index contributed by atoms with van der Waals surface area (Å²) in [6.07, 6.45) is 4.63. The number of carbonyl (C=O) groups excluding carboxylic acids is 1. The van der Waals surface area contributed by atoms with E-state index in [1.165, 1.54) is 11.3 Å². The van der Waals surface area contributed by atoms with Crippen LogP contribution in [-0.2, 0) is 14.8 Å². The largest absolute Gasteiger partial charge is 0.376 e. The number of benzene rings is 2. The minimum absolute atomic E-state index is 0.0157. The van der Waals surface area contributed by atoms with E-state index in [2.05, 4.69) is 13.0 Å². The highest BCUT2D eigenvalue weighted by Gasteiger charge is 2.32. The number of piperidine rings is 1. The van der Waals surface area contributed by atoms with Crippen molar-refractivity contribution in [2.24, 2.45) is 0 Å². The van der Waals surface area contributed by atoms with Crippen molar-refractivity contribution >= 4 is 42.6 Å². The van der Waals surface area contributed by atoms with Crippen LogP contribution in [0.3, 0.4) is 0 Å². The first kappa shape index (κ1) is 25.3. The lowest BCUT2D eigenvalue weighted by atomic mass is 10.1. The van der Waals surface area contributed by atoms with Crippen LogP contribution in [0.15, 0.2) is 41.3 Å². The van der Waals surface area contributed by atoms with Crippen LogP contribution >= 0.6 is 11.3 Å². The molecule has 2 aliphatic rings. The molecule has 0 saturated carbocycles. The molecule has 2 saturated heterocycles. The second-order valence-electron chi connectivity index (χ2n) is 9.96. The van der Waals surface area contributed by atoms with Gasteiger partial charge in [0.2, 0.25) is 10.0 Å². The Morgan fingerprint density at radius 2 is 1.92 bits per heavy atom. The Morgan fingerprint density at radius 1 is 1.14 bits per heavy atom. The van der Waals surface area contributed by atoms with E-state index in [1.807, 2.05) is 19.9 Å². The number of hydrogen-bond acceptors (Lipinski definition) is 6. The summed E-state index contributed by atoms with van der Waals surface area (Å²) in [5.41, 5.74) is 3.59. The van der Waals surface area contributed by atoms with Crippen molar-refractivity contribution < 1.29 is 17.9 Å². The van der Waals surface area contributed by atoms with Gasteiger partial charge in [-0.3, -0.25) is 9.69 Å². The number of anilines is 1. The van der Waals surface area contributed by atoms with Crippen LogP contribution in [0.1, 0.15) is 60.5 Å². The summed E-state index contributed by atoms with van der Waals surface area (Å²) in [4.78, 5) is 20.5. The fourth-order valence-electron chi connectivity index (χ4n) is 5.21. The number of thiazole rings is 1. The molecule has 2 fully saturated rings. The van der Waals surface area contributed by atoms with E-state index >= 15 is 0 Å². The Morgan fingerprint density at radius 3 is 2.61 bits per heavy atom. The van der Waals surface area contributed by atoms with Crippen LogP contribution in [-0.4, -0.2) is 55.5 Å². The van der Waals surface area contributed by atoms with Gasteiger partial charge >= 0.3 is 0 Å². The first-order chi connectivity index (χ1) is 17.2. The molecule has 9 heteroatoms. The Bertz CT molecular complexity index is 1360. The Balaban J connectivity index is 1.45. The van der Waals surface area contributed by atoms with Crippen LogP contribution in [0.2, 0.25) is 0 Å². The van der Waals surface area contributed by atoms with Crippen LogP contribution in [0, 0.1) is 13.8 Å². The van der Waals surface area contributed by atoms with E-state index in [0.717, 1.165) is 53.4 Å². The lowest BCUT2D eigenvalue weighted by molar-refractivity contribution is 0.0917. The Kier molecular flexibility index (Phi) is 7.18. The monoisotopic (exact) mass is 527 g/mol. The molecule has 0 bridgehead atoms. The third-order valence-electron chi connectivity index (χ3n) is 7.14. The van der Waals surface area contributed by atoms with Crippen molar-refractivity contribution in [1.29, 1.82) is 0 Å². The number of carbonyl (C=O) groups is 1. The zero-order chi connectivity index (χ0) is 25.4. The summed E-state index contributed by atoms with van der Waals surface area (Å²) in [6.45, 7) is 7.72. The second-order valence-corrected chi connectivity index (χ2v) is 12.8. The lowest BCUT2D eigenvalue weighted by Gasteiger charge is -2.32. The predicted octanol–water partition coefficient (Wildman–Crippen LogP) is 5.30. The third-order valence-corrected chi connectivity index (χ3v) is 10.4. The zero-order valence-electron chi connectivity index (χ0n) is 21.1. The first-order valence-electron chi connectivity index (χ1n) is 12.7. The van der Waals surface area contributed by atoms with Crippen LogP contribution in [0.5, 0.6) is 0 Å². The Hall–Kier alpha value is -2.33. The highest BCUT2D eigenvalue weighted by Crippen LogP contribution is 2.34. The number of fused-ring (bicyclic) bond motifs is 1. The van der Waals surface area contributed by atoms with Crippen molar-refractivity contribution in [3.63, 3.8) is 0 Å². The molecular formula is C27H33N3O4S2. The van der Waals surface area contributed by atoms with Gasteiger partial charge in [-0.2, -0.15) is 4.31 Å². The normalized spacial score (nSPS) is 21.2. The van der Waals surface area contributed by atoms with E-state index in [1.54, 1.807) is 33.5 Å². The number of amides is 1. The molecule has 1 amide bonds. The SMILES string of the molecule is Cc1cc(C)c2sc(N(CC3CCCO3)C(=O)c3ccc(S(=O)(=O)N4CCCCC4C)cc3)nc2c1. The van der Waals surface area contributed by atoms with Gasteiger partial charge in [-0.15, -0.1) is 0 Å². The number of aromatic nitrogens is 1. The molecule has 0 radical (unpaired) electrons. The molecule has 1 aromatic heterocycles. The van der Waals surface area contributed by atoms with Gasteiger partial charge in [-0.05, 0) is 87.9 Å². The standard InChI is InChI=1S/C27H33N3O4S2/c1-18-15-19(2)25-24(16-18)28-27(35-25)29(17-22-8-6-14-34-22)26(31)21-9-11-23(12-10-21)36(32,33)30-13-5-4-7-20(30)3/h9-12,15-16,20,22H,4-8,13-14,17H2,1-3H3. The molecule has 5 rings (SSSR count). The molecular weight excluding hydrogens is 494 g/mol. The zero-order valence-corrected chi connectivity index (χ0v) is 22.7. The quantitative estimate of drug-likeness (QED) is 0.435. The van der Waals surface area contributed by atoms with E-state index in [-0.39, 0.29) is 22.9 Å². The summed E-state index contributed by atoms with van der Waals surface area (Å²) in [6, 6.07) is 10.5. The minimum atomic E-state index is -3.59. The number of ether oxygens (including phenoxy) is 1. The van der Waals surface area contributed by atoms with Crippen molar-refractivity contribution in [3.8, 4) is 0 Å². The number of sulfonamides is 1. The summed E-state index contributed by atoms with van der Waals surface area (Å²) < 4.78 is 35.0. The number of hydrogen-bond donors (Lipinski definition) is 0. The molecule has 2 aromatic carbocycles. The van der Waals surface area contributed by atoms with Crippen molar-refractivity contribution in [3.05, 3.63) is 53.1 Å². The molecule has 0 spiro atoms. The predicted molar refractivity (Wildman–Crippen MR) is 143 cm³/mol. The summed E-state index contributed by atoms with van der Waals surface area (Å²) in [5, 5.41) is 0.637. The molecule has 0 aliphatic carbocycles. The van der Waals surface area contributed by atoms with Gasteiger partial charge in [0.05, 0.1) is 27.8 Å². The van der Waals surface area contributed by atoms with Gasteiger partial charge in [0, 0.05) is 24.8 Å². The van der Waals surface area contributed by atoms with Gasteiger partial charge in [-0.25, -0.2) is 13.4 Å². The van der Waals surface area contributed by atoms with Crippen LogP contribution < -0.4 is 4.90 Å². The highest BCUT2D eigenvalue weighted by atomic mass is 32.2. The number of rotatable bonds is 6. The Labute approximate surface area is 217 Å². The van der Waals surface area contributed by atoms with Gasteiger partial charge in [0.25, 0.3) is 5.91 Å². The molecule has 2 unspecified atom stereocenters. The number of nitrogens with zero attached hydrogens (tertiary/aromatic N) is 3. The molecule has 7 nitrogen and oxygen atoms in total. The van der Waals surface area contributed by atoms with Crippen molar-refractivity contribution in [2.45, 2.75) is 69.9 Å². The molecule has 3 heterocycles. The van der Waals surface area contributed by atoms with Crippen molar-refractivity contribution in [2.75, 3.05) is 24.6 Å². The second kappa shape index (κ2) is 10.2. The van der Waals surface area contributed by atoms with Gasteiger partial charge in [-0.1, -0.05) is 23.8 Å². The van der Waals surface area contributed by atoms with Crippen molar-refractivity contribution in [1.82, 2.24) is 9.29 Å². The van der Waals surface area contributed by atoms with Gasteiger partial charge < -0.3 is 4.74 Å². The molecule has 192 valence electrons. The molecule has 2 aliphatic heterocycles. The third kappa shape index (κ3) is 4.94. The molecule has 0 N–H and O–H groups in total. The maximum atomic E-state index is 13.8. The van der Waals surface area contributed by atoms with Gasteiger partial charge in [0.15, 0.2) is 5.13 Å². The maximum Gasteiger partial charge on any atom is 0.260 e. The molecule has 36 heavy (non-hydrogen) atoms. The van der Waals surface area contributed by atoms with Crippen LogP contribution in [0.25, 0.3) is 10.2 Å². The first-order valence-corrected chi connectivity index (χ1v) is 14.9. The lowest BCUT2D eigenvalue weighted by Crippen LogP contribution is -2.42. The van der Waals surface area contributed by atoms with Crippen LogP contribution in [0.4, 0.5) is 5.13 Å². The van der Waals surface area contributed by atoms with E-state index in [0.29, 0.717) is 30.4 Å². The summed E-state index contributed by atoms with van der Waals surface area (Å²) in [7, 11) is -3.59. The van der Waals surface area contributed by atoms with E-state index in [4.69, 9.17) is 9.72 Å². The maximum absolute atomic E-state index is 13.8. The fourth-order valence-corrected chi connectivity index (χ4v) is 7.93. The number of aryl methyl sites for hydroxylation is 2. The van der Waals surface area contributed by atoms with E-state index < -0.39 is 10.0 Å². The van der Waals surface area contributed by atoms with E-state index in [9.17, 15) is 13.2 Å². The molecule has 2 atom stereocenters. The summed E-state index contributed by atoms with van der Waals surface area (Å²) in [5.74, 6) is -0.200. The average Bonchev–Trinajstić information content (AvgIpc) is 3.52. The average molecular weight is 528 g/mol.